The van der Waals surface area contributed by atoms with Gasteiger partial charge in [0.05, 0.1) is 10.7 Å². The highest BCUT2D eigenvalue weighted by atomic mass is 35.5. The smallest absolute Gasteiger partial charge is 0.223 e. The van der Waals surface area contributed by atoms with Crippen molar-refractivity contribution in [3.63, 3.8) is 0 Å². The molecule has 3 aromatic rings. The Morgan fingerprint density at radius 2 is 1.71 bits per heavy atom. The molecule has 7 heteroatoms. The van der Waals surface area contributed by atoms with E-state index < -0.39 is 0 Å². The van der Waals surface area contributed by atoms with Gasteiger partial charge in [-0.3, -0.25) is 4.79 Å². The number of ketones is 1. The quantitative estimate of drug-likeness (QED) is 0.452. The fourth-order valence-corrected chi connectivity index (χ4v) is 3.59. The van der Waals surface area contributed by atoms with Crippen LogP contribution in [-0.4, -0.2) is 15.6 Å². The number of ether oxygens (including phenoxy) is 1. The van der Waals surface area contributed by atoms with Crippen LogP contribution in [0.1, 0.15) is 38.3 Å². The molecule has 0 saturated heterocycles. The highest BCUT2D eigenvalue weighted by molar-refractivity contribution is 6.39. The van der Waals surface area contributed by atoms with Crippen LogP contribution in [0.2, 0.25) is 15.1 Å². The normalized spacial score (nSPS) is 11.0. The Morgan fingerprint density at radius 1 is 1.07 bits per heavy atom. The predicted octanol–water partition coefficient (Wildman–Crippen LogP) is 6.12. The van der Waals surface area contributed by atoms with E-state index in [2.05, 4.69) is 5.10 Å². The van der Waals surface area contributed by atoms with Crippen LogP contribution >= 0.6 is 34.8 Å². The van der Waals surface area contributed by atoms with Crippen molar-refractivity contribution in [1.29, 1.82) is 0 Å². The highest BCUT2D eigenvalue weighted by Crippen LogP contribution is 2.34. The zero-order chi connectivity index (χ0) is 20.6. The summed E-state index contributed by atoms with van der Waals surface area (Å²) in [6.07, 6.45) is 0. The summed E-state index contributed by atoms with van der Waals surface area (Å²) in [5.74, 6) is 0.142. The summed E-state index contributed by atoms with van der Waals surface area (Å²) < 4.78 is 7.51. The summed E-state index contributed by atoms with van der Waals surface area (Å²) in [6.45, 7) is 5.69. The van der Waals surface area contributed by atoms with Gasteiger partial charge < -0.3 is 4.74 Å². The fourth-order valence-electron chi connectivity index (χ4n) is 3.03. The zero-order valence-corrected chi connectivity index (χ0v) is 18.2. The van der Waals surface area contributed by atoms with Gasteiger partial charge in [-0.15, -0.1) is 0 Å². The maximum absolute atomic E-state index is 13.3. The third-order valence-electron chi connectivity index (χ3n) is 4.53. The van der Waals surface area contributed by atoms with E-state index in [-0.39, 0.29) is 12.4 Å². The molecule has 0 unspecified atom stereocenters. The molecule has 0 aliphatic carbocycles. The first kappa shape index (κ1) is 20.7. The summed E-state index contributed by atoms with van der Waals surface area (Å²) in [7, 11) is 1.74. The Hall–Kier alpha value is -2.01. The van der Waals surface area contributed by atoms with Gasteiger partial charge in [0.1, 0.15) is 12.2 Å². The average Bonchev–Trinajstić information content (AvgIpc) is 2.95. The Bertz CT molecular complexity index is 1060. The lowest BCUT2D eigenvalue weighted by atomic mass is 9.99. The van der Waals surface area contributed by atoms with Gasteiger partial charge >= 0.3 is 0 Å². The molecular formula is C21H19Cl3N2O2. The topological polar surface area (TPSA) is 44.1 Å². The van der Waals surface area contributed by atoms with Crippen LogP contribution in [0.4, 0.5) is 0 Å². The number of hydrogen-bond acceptors (Lipinski definition) is 3. The van der Waals surface area contributed by atoms with Crippen LogP contribution in [0.15, 0.2) is 30.3 Å². The number of halogens is 3. The van der Waals surface area contributed by atoms with Gasteiger partial charge in [0.2, 0.25) is 11.7 Å². The largest absolute Gasteiger partial charge is 0.472 e. The molecule has 2 aromatic carbocycles. The first-order chi connectivity index (χ1) is 13.2. The molecule has 28 heavy (non-hydrogen) atoms. The Morgan fingerprint density at radius 3 is 2.36 bits per heavy atom. The first-order valence-electron chi connectivity index (χ1n) is 8.61. The predicted molar refractivity (Wildman–Crippen MR) is 113 cm³/mol. The van der Waals surface area contributed by atoms with E-state index >= 15 is 0 Å². The number of hydrogen-bond donors (Lipinski definition) is 0. The van der Waals surface area contributed by atoms with Gasteiger partial charge in [-0.1, -0.05) is 46.9 Å². The molecule has 3 rings (SSSR count). The number of aromatic nitrogens is 2. The molecule has 0 aliphatic rings. The molecule has 0 saturated carbocycles. The molecule has 0 N–H and O–H groups in total. The minimum Gasteiger partial charge on any atom is -0.472 e. The lowest BCUT2D eigenvalue weighted by Gasteiger charge is -2.12. The van der Waals surface area contributed by atoms with E-state index in [0.717, 1.165) is 11.1 Å². The standard InChI is InChI=1S/C21H19Cl3N2O2/c1-11-9-16(19(24)12(2)18(11)23)20(27)17-13(3)25-26(4)21(17)28-10-14-5-7-15(22)8-6-14/h5-9H,10H2,1-4H3. The monoisotopic (exact) mass is 436 g/mol. The van der Waals surface area contributed by atoms with Crippen molar-refractivity contribution >= 4 is 40.6 Å². The second kappa shape index (κ2) is 8.16. The van der Waals surface area contributed by atoms with Gasteiger partial charge in [0.15, 0.2) is 0 Å². The maximum Gasteiger partial charge on any atom is 0.223 e. The van der Waals surface area contributed by atoms with Gasteiger partial charge in [-0.2, -0.15) is 5.10 Å². The van der Waals surface area contributed by atoms with E-state index in [4.69, 9.17) is 39.5 Å². The molecule has 0 bridgehead atoms. The van der Waals surface area contributed by atoms with Crippen LogP contribution in [0.3, 0.4) is 0 Å². The van der Waals surface area contributed by atoms with Crippen LogP contribution < -0.4 is 4.74 Å². The SMILES string of the molecule is Cc1cc(C(=O)c2c(C)nn(C)c2OCc2ccc(Cl)cc2)c(Cl)c(C)c1Cl. The van der Waals surface area contributed by atoms with Crippen LogP contribution in [0.5, 0.6) is 5.88 Å². The van der Waals surface area contributed by atoms with Crippen molar-refractivity contribution in [2.24, 2.45) is 7.05 Å². The third kappa shape index (κ3) is 3.90. The lowest BCUT2D eigenvalue weighted by molar-refractivity contribution is 0.103. The Balaban J connectivity index is 1.99. The average molecular weight is 438 g/mol. The van der Waals surface area contributed by atoms with E-state index in [0.29, 0.717) is 43.3 Å². The summed E-state index contributed by atoms with van der Waals surface area (Å²) in [4.78, 5) is 13.3. The van der Waals surface area contributed by atoms with Crippen LogP contribution in [0, 0.1) is 20.8 Å². The lowest BCUT2D eigenvalue weighted by Crippen LogP contribution is -2.09. The number of aryl methyl sites for hydroxylation is 3. The van der Waals surface area contributed by atoms with E-state index in [1.807, 2.05) is 19.1 Å². The molecule has 0 spiro atoms. The van der Waals surface area contributed by atoms with Gasteiger partial charge in [-0.05, 0) is 55.7 Å². The molecule has 4 nitrogen and oxygen atoms in total. The zero-order valence-electron chi connectivity index (χ0n) is 15.9. The van der Waals surface area contributed by atoms with Crippen LogP contribution in [0.25, 0.3) is 0 Å². The summed E-state index contributed by atoms with van der Waals surface area (Å²) in [6, 6.07) is 9.03. The summed E-state index contributed by atoms with van der Waals surface area (Å²) in [5, 5.41) is 5.91. The molecule has 1 heterocycles. The maximum atomic E-state index is 13.3. The molecule has 0 fully saturated rings. The summed E-state index contributed by atoms with van der Waals surface area (Å²) in [5.41, 5.74) is 3.74. The number of carbonyl (C=O) groups excluding carboxylic acids is 1. The van der Waals surface area contributed by atoms with Gasteiger partial charge in [0.25, 0.3) is 0 Å². The van der Waals surface area contributed by atoms with Gasteiger partial charge in [-0.25, -0.2) is 4.68 Å². The number of rotatable bonds is 5. The first-order valence-corrected chi connectivity index (χ1v) is 9.74. The van der Waals surface area contributed by atoms with Crippen molar-refractivity contribution < 1.29 is 9.53 Å². The van der Waals surface area contributed by atoms with Crippen molar-refractivity contribution in [2.75, 3.05) is 0 Å². The van der Waals surface area contributed by atoms with Crippen molar-refractivity contribution in [3.05, 3.63) is 78.9 Å². The molecule has 0 radical (unpaired) electrons. The van der Waals surface area contributed by atoms with Crippen LogP contribution in [-0.2, 0) is 13.7 Å². The minimum absolute atomic E-state index is 0.246. The van der Waals surface area contributed by atoms with E-state index in [9.17, 15) is 4.79 Å². The van der Waals surface area contributed by atoms with Crippen molar-refractivity contribution in [3.8, 4) is 5.88 Å². The van der Waals surface area contributed by atoms with Gasteiger partial charge in [0, 0.05) is 22.7 Å². The molecule has 0 aliphatic heterocycles. The summed E-state index contributed by atoms with van der Waals surface area (Å²) >= 11 is 18.6. The number of nitrogens with zero attached hydrogens (tertiary/aromatic N) is 2. The highest BCUT2D eigenvalue weighted by Gasteiger charge is 2.26. The molecule has 146 valence electrons. The Labute approximate surface area is 179 Å². The minimum atomic E-state index is -0.246. The number of benzene rings is 2. The second-order valence-electron chi connectivity index (χ2n) is 6.63. The fraction of sp³-hybridized carbons (Fsp3) is 0.238. The molecule has 0 amide bonds. The second-order valence-corrected chi connectivity index (χ2v) is 7.82. The molecular weight excluding hydrogens is 419 g/mol. The van der Waals surface area contributed by atoms with E-state index in [1.54, 1.807) is 43.8 Å². The number of carbonyl (C=O) groups is 1. The Kier molecular flexibility index (Phi) is 6.04. The molecule has 0 atom stereocenters. The van der Waals surface area contributed by atoms with Crippen molar-refractivity contribution in [1.82, 2.24) is 9.78 Å². The third-order valence-corrected chi connectivity index (χ3v) is 5.85. The van der Waals surface area contributed by atoms with Crippen molar-refractivity contribution in [2.45, 2.75) is 27.4 Å². The molecule has 1 aromatic heterocycles. The van der Waals surface area contributed by atoms with E-state index in [1.165, 1.54) is 0 Å².